The largest absolute Gasteiger partial charge is 0.494 e. The van der Waals surface area contributed by atoms with Gasteiger partial charge in [0.15, 0.2) is 0 Å². The van der Waals surface area contributed by atoms with Crippen LogP contribution in [0.15, 0.2) is 48.5 Å². The lowest BCUT2D eigenvalue weighted by Gasteiger charge is -2.13. The van der Waals surface area contributed by atoms with Crippen LogP contribution in [0, 0.1) is 12.7 Å². The zero-order valence-corrected chi connectivity index (χ0v) is 11.0. The highest BCUT2D eigenvalue weighted by Gasteiger charge is 2.06. The molecule has 1 unspecified atom stereocenters. The van der Waals surface area contributed by atoms with Crippen LogP contribution in [0.4, 0.5) is 4.39 Å². The van der Waals surface area contributed by atoms with E-state index in [-0.39, 0.29) is 11.9 Å². The Labute approximate surface area is 113 Å². The number of hydrogen-bond donors (Lipinski definition) is 1. The maximum atomic E-state index is 12.8. The molecule has 0 bridgehead atoms. The molecule has 3 heteroatoms. The standard InChI is InChI=1S/C16H18FNO/c1-12-2-8-15(9-3-12)19-11-10-16(18)13-4-6-14(17)7-5-13/h2-9,16H,10-11,18H2,1H3. The molecule has 0 saturated heterocycles. The van der Waals surface area contributed by atoms with Gasteiger partial charge < -0.3 is 10.5 Å². The van der Waals surface area contributed by atoms with Gasteiger partial charge in [-0.05, 0) is 36.8 Å². The molecular formula is C16H18FNO. The van der Waals surface area contributed by atoms with Crippen molar-refractivity contribution in [2.45, 2.75) is 19.4 Å². The van der Waals surface area contributed by atoms with Gasteiger partial charge in [-0.25, -0.2) is 4.39 Å². The monoisotopic (exact) mass is 259 g/mol. The van der Waals surface area contributed by atoms with Gasteiger partial charge >= 0.3 is 0 Å². The van der Waals surface area contributed by atoms with Crippen LogP contribution in [0.2, 0.25) is 0 Å². The van der Waals surface area contributed by atoms with Crippen molar-refractivity contribution in [3.63, 3.8) is 0 Å². The van der Waals surface area contributed by atoms with E-state index in [1.165, 1.54) is 17.7 Å². The SMILES string of the molecule is Cc1ccc(OCCC(N)c2ccc(F)cc2)cc1. The van der Waals surface area contributed by atoms with E-state index in [4.69, 9.17) is 10.5 Å². The van der Waals surface area contributed by atoms with Crippen molar-refractivity contribution in [3.05, 3.63) is 65.5 Å². The van der Waals surface area contributed by atoms with Gasteiger partial charge in [-0.15, -0.1) is 0 Å². The number of nitrogens with two attached hydrogens (primary N) is 1. The van der Waals surface area contributed by atoms with Crippen LogP contribution in [-0.4, -0.2) is 6.61 Å². The van der Waals surface area contributed by atoms with E-state index in [0.29, 0.717) is 13.0 Å². The van der Waals surface area contributed by atoms with E-state index in [0.717, 1.165) is 11.3 Å². The number of benzene rings is 2. The lowest BCUT2D eigenvalue weighted by molar-refractivity contribution is 0.298. The third-order valence-corrected chi connectivity index (χ3v) is 3.02. The van der Waals surface area contributed by atoms with Gasteiger partial charge in [-0.1, -0.05) is 29.8 Å². The molecule has 0 aliphatic heterocycles. The minimum absolute atomic E-state index is 0.133. The number of hydrogen-bond acceptors (Lipinski definition) is 2. The molecule has 0 aromatic heterocycles. The van der Waals surface area contributed by atoms with E-state index in [2.05, 4.69) is 0 Å². The van der Waals surface area contributed by atoms with Crippen molar-refractivity contribution < 1.29 is 9.13 Å². The van der Waals surface area contributed by atoms with E-state index in [1.807, 2.05) is 31.2 Å². The molecule has 0 amide bonds. The van der Waals surface area contributed by atoms with Crippen molar-refractivity contribution in [3.8, 4) is 5.75 Å². The van der Waals surface area contributed by atoms with Crippen LogP contribution in [0.5, 0.6) is 5.75 Å². The summed E-state index contributed by atoms with van der Waals surface area (Å²) in [6, 6.07) is 14.1. The predicted molar refractivity (Wildman–Crippen MR) is 74.6 cm³/mol. The second-order valence-electron chi connectivity index (χ2n) is 4.61. The molecular weight excluding hydrogens is 241 g/mol. The van der Waals surface area contributed by atoms with E-state index < -0.39 is 0 Å². The lowest BCUT2D eigenvalue weighted by Crippen LogP contribution is -2.14. The number of aryl methyl sites for hydroxylation is 1. The van der Waals surface area contributed by atoms with Crippen molar-refractivity contribution in [2.75, 3.05) is 6.61 Å². The number of ether oxygens (including phenoxy) is 1. The van der Waals surface area contributed by atoms with Gasteiger partial charge in [0, 0.05) is 12.5 Å². The van der Waals surface area contributed by atoms with Gasteiger partial charge in [0.25, 0.3) is 0 Å². The summed E-state index contributed by atoms with van der Waals surface area (Å²) in [5.41, 5.74) is 8.16. The predicted octanol–water partition coefficient (Wildman–Crippen LogP) is 3.60. The average molecular weight is 259 g/mol. The first-order valence-corrected chi connectivity index (χ1v) is 6.35. The van der Waals surface area contributed by atoms with Crippen LogP contribution in [0.25, 0.3) is 0 Å². The summed E-state index contributed by atoms with van der Waals surface area (Å²) in [6.07, 6.45) is 0.694. The van der Waals surface area contributed by atoms with E-state index in [1.54, 1.807) is 12.1 Å². The molecule has 2 rings (SSSR count). The maximum absolute atomic E-state index is 12.8. The molecule has 100 valence electrons. The smallest absolute Gasteiger partial charge is 0.123 e. The summed E-state index contributed by atoms with van der Waals surface area (Å²) < 4.78 is 18.4. The lowest BCUT2D eigenvalue weighted by atomic mass is 10.1. The normalized spacial score (nSPS) is 12.2. The second kappa shape index (κ2) is 6.34. The molecule has 19 heavy (non-hydrogen) atoms. The number of rotatable bonds is 5. The molecule has 0 radical (unpaired) electrons. The van der Waals surface area contributed by atoms with Gasteiger partial charge in [0.05, 0.1) is 6.61 Å². The van der Waals surface area contributed by atoms with Crippen molar-refractivity contribution in [1.29, 1.82) is 0 Å². The zero-order chi connectivity index (χ0) is 13.7. The highest BCUT2D eigenvalue weighted by molar-refractivity contribution is 5.26. The topological polar surface area (TPSA) is 35.2 Å². The van der Waals surface area contributed by atoms with Crippen LogP contribution in [0.3, 0.4) is 0 Å². The third kappa shape index (κ3) is 4.07. The highest BCUT2D eigenvalue weighted by atomic mass is 19.1. The van der Waals surface area contributed by atoms with Gasteiger partial charge in [-0.3, -0.25) is 0 Å². The van der Waals surface area contributed by atoms with Crippen molar-refractivity contribution in [1.82, 2.24) is 0 Å². The molecule has 1 atom stereocenters. The van der Waals surface area contributed by atoms with Crippen LogP contribution in [-0.2, 0) is 0 Å². The molecule has 0 saturated carbocycles. The van der Waals surface area contributed by atoms with Crippen LogP contribution < -0.4 is 10.5 Å². The summed E-state index contributed by atoms with van der Waals surface area (Å²) in [4.78, 5) is 0. The van der Waals surface area contributed by atoms with Gasteiger partial charge in [0.1, 0.15) is 11.6 Å². The van der Waals surface area contributed by atoms with Crippen molar-refractivity contribution >= 4 is 0 Å². The van der Waals surface area contributed by atoms with Gasteiger partial charge in [-0.2, -0.15) is 0 Å². The quantitative estimate of drug-likeness (QED) is 0.890. The molecule has 0 aliphatic rings. The Morgan fingerprint density at radius 2 is 1.68 bits per heavy atom. The first-order valence-electron chi connectivity index (χ1n) is 6.35. The Kier molecular flexibility index (Phi) is 4.53. The summed E-state index contributed by atoms with van der Waals surface area (Å²) in [5, 5.41) is 0. The van der Waals surface area contributed by atoms with Crippen LogP contribution in [0.1, 0.15) is 23.6 Å². The Balaban J connectivity index is 1.82. The average Bonchev–Trinajstić information content (AvgIpc) is 2.41. The van der Waals surface area contributed by atoms with E-state index in [9.17, 15) is 4.39 Å². The Bertz CT molecular complexity index is 507. The molecule has 2 nitrogen and oxygen atoms in total. The van der Waals surface area contributed by atoms with Crippen LogP contribution >= 0.6 is 0 Å². The van der Waals surface area contributed by atoms with Crippen molar-refractivity contribution in [2.24, 2.45) is 5.73 Å². The summed E-state index contributed by atoms with van der Waals surface area (Å²) >= 11 is 0. The molecule has 0 heterocycles. The molecule has 0 aliphatic carbocycles. The second-order valence-corrected chi connectivity index (χ2v) is 4.61. The maximum Gasteiger partial charge on any atom is 0.123 e. The fourth-order valence-corrected chi connectivity index (χ4v) is 1.81. The van der Waals surface area contributed by atoms with E-state index >= 15 is 0 Å². The fraction of sp³-hybridized carbons (Fsp3) is 0.250. The molecule has 2 aromatic carbocycles. The number of halogens is 1. The molecule has 0 fully saturated rings. The minimum atomic E-state index is -0.244. The summed E-state index contributed by atoms with van der Waals surface area (Å²) in [5.74, 6) is 0.601. The van der Waals surface area contributed by atoms with Gasteiger partial charge in [0.2, 0.25) is 0 Å². The Morgan fingerprint density at radius 3 is 2.32 bits per heavy atom. The first-order chi connectivity index (χ1) is 9.15. The first kappa shape index (κ1) is 13.6. The summed E-state index contributed by atoms with van der Waals surface area (Å²) in [7, 11) is 0. The Morgan fingerprint density at radius 1 is 1.05 bits per heavy atom. The third-order valence-electron chi connectivity index (χ3n) is 3.02. The highest BCUT2D eigenvalue weighted by Crippen LogP contribution is 2.16. The fourth-order valence-electron chi connectivity index (χ4n) is 1.81. The zero-order valence-electron chi connectivity index (χ0n) is 11.0. The molecule has 0 spiro atoms. The minimum Gasteiger partial charge on any atom is -0.494 e. The summed E-state index contributed by atoms with van der Waals surface area (Å²) in [6.45, 7) is 2.58. The molecule has 2 N–H and O–H groups in total. The molecule has 2 aromatic rings. The Hall–Kier alpha value is -1.87.